The zero-order valence-electron chi connectivity index (χ0n) is 9.75. The van der Waals surface area contributed by atoms with Gasteiger partial charge >= 0.3 is 0 Å². The van der Waals surface area contributed by atoms with Crippen LogP contribution >= 0.6 is 0 Å². The molecule has 0 fully saturated rings. The maximum absolute atomic E-state index is 5.82. The molecule has 1 aliphatic heterocycles. The van der Waals surface area contributed by atoms with Crippen molar-refractivity contribution in [1.82, 2.24) is 0 Å². The molecule has 0 aromatic rings. The fraction of sp³-hybridized carbons (Fsp3) is 0.571. The summed E-state index contributed by atoms with van der Waals surface area (Å²) in [6.45, 7) is 9.09. The van der Waals surface area contributed by atoms with Crippen molar-refractivity contribution in [2.75, 3.05) is 6.61 Å². The molecular weight excluding hydrogens is 184 g/mol. The highest BCUT2D eigenvalue weighted by molar-refractivity contribution is 5.37. The van der Waals surface area contributed by atoms with Gasteiger partial charge in [0, 0.05) is 0 Å². The standard InChI is InChI=1S/C14H20O/c1-4-11-5-7-12-9-10-15-14(2,3)13(12)8-6-11/h4,6,8,11H,1,5,7,9-10H2,2-3H3. The Morgan fingerprint density at radius 3 is 3.00 bits per heavy atom. The Morgan fingerprint density at radius 2 is 2.27 bits per heavy atom. The second-order valence-electron chi connectivity index (χ2n) is 4.92. The van der Waals surface area contributed by atoms with E-state index in [0.717, 1.165) is 13.0 Å². The Labute approximate surface area is 92.5 Å². The third kappa shape index (κ3) is 2.07. The highest BCUT2D eigenvalue weighted by atomic mass is 16.5. The summed E-state index contributed by atoms with van der Waals surface area (Å²) in [6.07, 6.45) is 10.1. The van der Waals surface area contributed by atoms with E-state index in [2.05, 4.69) is 32.6 Å². The smallest absolute Gasteiger partial charge is 0.0874 e. The fourth-order valence-corrected chi connectivity index (χ4v) is 2.50. The summed E-state index contributed by atoms with van der Waals surface area (Å²) in [7, 11) is 0. The second-order valence-corrected chi connectivity index (χ2v) is 4.92. The van der Waals surface area contributed by atoms with Crippen molar-refractivity contribution >= 4 is 0 Å². The Morgan fingerprint density at radius 1 is 1.47 bits per heavy atom. The van der Waals surface area contributed by atoms with Crippen LogP contribution in [0.3, 0.4) is 0 Å². The first-order valence-electron chi connectivity index (χ1n) is 5.81. The minimum atomic E-state index is -0.0971. The van der Waals surface area contributed by atoms with Crippen molar-refractivity contribution in [2.24, 2.45) is 5.92 Å². The first-order valence-corrected chi connectivity index (χ1v) is 5.81. The largest absolute Gasteiger partial charge is 0.371 e. The lowest BCUT2D eigenvalue weighted by Gasteiger charge is -2.33. The van der Waals surface area contributed by atoms with Gasteiger partial charge in [-0.15, -0.1) is 6.58 Å². The van der Waals surface area contributed by atoms with Crippen LogP contribution in [0.2, 0.25) is 0 Å². The van der Waals surface area contributed by atoms with Gasteiger partial charge in [0.25, 0.3) is 0 Å². The number of hydrogen-bond donors (Lipinski definition) is 0. The van der Waals surface area contributed by atoms with Crippen LogP contribution in [-0.2, 0) is 4.74 Å². The van der Waals surface area contributed by atoms with E-state index in [0.29, 0.717) is 5.92 Å². The summed E-state index contributed by atoms with van der Waals surface area (Å²) in [5, 5.41) is 0. The van der Waals surface area contributed by atoms with Crippen molar-refractivity contribution in [3.63, 3.8) is 0 Å². The first-order chi connectivity index (χ1) is 7.13. The highest BCUT2D eigenvalue weighted by Gasteiger charge is 2.30. The number of allylic oxidation sites excluding steroid dienone is 2. The molecule has 1 heteroatoms. The quantitative estimate of drug-likeness (QED) is 0.593. The van der Waals surface area contributed by atoms with Gasteiger partial charge in [0.15, 0.2) is 0 Å². The molecule has 0 spiro atoms. The molecule has 2 aliphatic rings. The fourth-order valence-electron chi connectivity index (χ4n) is 2.50. The Balaban J connectivity index is 2.30. The van der Waals surface area contributed by atoms with Crippen LogP contribution in [0.4, 0.5) is 0 Å². The summed E-state index contributed by atoms with van der Waals surface area (Å²) in [4.78, 5) is 0. The molecule has 0 bridgehead atoms. The minimum absolute atomic E-state index is 0.0971. The predicted octanol–water partition coefficient (Wildman–Crippen LogP) is 3.63. The van der Waals surface area contributed by atoms with Gasteiger partial charge in [-0.3, -0.25) is 0 Å². The van der Waals surface area contributed by atoms with Gasteiger partial charge in [0.05, 0.1) is 12.2 Å². The van der Waals surface area contributed by atoms with Crippen molar-refractivity contribution < 1.29 is 4.74 Å². The molecule has 1 atom stereocenters. The molecule has 0 amide bonds. The molecule has 15 heavy (non-hydrogen) atoms. The van der Waals surface area contributed by atoms with E-state index in [4.69, 9.17) is 4.74 Å². The van der Waals surface area contributed by atoms with Gasteiger partial charge in [0.1, 0.15) is 0 Å². The summed E-state index contributed by atoms with van der Waals surface area (Å²) in [6, 6.07) is 0. The topological polar surface area (TPSA) is 9.23 Å². The molecule has 1 aliphatic carbocycles. The number of hydrogen-bond acceptors (Lipinski definition) is 1. The lowest BCUT2D eigenvalue weighted by Crippen LogP contribution is -2.31. The molecule has 2 rings (SSSR count). The van der Waals surface area contributed by atoms with Crippen LogP contribution in [0, 0.1) is 5.92 Å². The number of rotatable bonds is 1. The molecule has 0 saturated heterocycles. The summed E-state index contributed by atoms with van der Waals surface area (Å²) in [5.74, 6) is 0.534. The molecule has 0 radical (unpaired) electrons. The normalized spacial score (nSPS) is 29.6. The molecule has 0 N–H and O–H groups in total. The van der Waals surface area contributed by atoms with Gasteiger partial charge in [-0.1, -0.05) is 23.8 Å². The summed E-state index contributed by atoms with van der Waals surface area (Å²) in [5.41, 5.74) is 2.89. The van der Waals surface area contributed by atoms with Crippen LogP contribution in [0.25, 0.3) is 0 Å². The maximum Gasteiger partial charge on any atom is 0.0874 e. The lowest BCUT2D eigenvalue weighted by molar-refractivity contribution is 0.00332. The molecule has 0 saturated carbocycles. The lowest BCUT2D eigenvalue weighted by atomic mass is 9.88. The number of ether oxygens (including phenoxy) is 1. The average Bonchev–Trinajstić information content (AvgIpc) is 2.40. The van der Waals surface area contributed by atoms with Gasteiger partial charge in [-0.05, 0) is 44.6 Å². The van der Waals surface area contributed by atoms with Crippen LogP contribution in [0.1, 0.15) is 33.1 Å². The van der Waals surface area contributed by atoms with Crippen LogP contribution < -0.4 is 0 Å². The zero-order valence-corrected chi connectivity index (χ0v) is 9.75. The van der Waals surface area contributed by atoms with Crippen molar-refractivity contribution in [2.45, 2.75) is 38.7 Å². The van der Waals surface area contributed by atoms with E-state index in [1.807, 2.05) is 6.08 Å². The average molecular weight is 204 g/mol. The van der Waals surface area contributed by atoms with E-state index in [-0.39, 0.29) is 5.60 Å². The van der Waals surface area contributed by atoms with Crippen LogP contribution in [0.15, 0.2) is 36.0 Å². The third-order valence-electron chi connectivity index (χ3n) is 3.49. The third-order valence-corrected chi connectivity index (χ3v) is 3.49. The van der Waals surface area contributed by atoms with Crippen molar-refractivity contribution in [3.05, 3.63) is 36.0 Å². The van der Waals surface area contributed by atoms with Crippen LogP contribution in [-0.4, -0.2) is 12.2 Å². The van der Waals surface area contributed by atoms with Crippen LogP contribution in [0.5, 0.6) is 0 Å². The van der Waals surface area contributed by atoms with E-state index in [1.54, 1.807) is 5.57 Å². The Hall–Kier alpha value is -0.820. The van der Waals surface area contributed by atoms with E-state index < -0.39 is 0 Å². The minimum Gasteiger partial charge on any atom is -0.371 e. The van der Waals surface area contributed by atoms with Gasteiger partial charge in [-0.25, -0.2) is 0 Å². The molecule has 1 heterocycles. The molecular formula is C14H20O. The molecule has 1 nitrogen and oxygen atoms in total. The van der Waals surface area contributed by atoms with Gasteiger partial charge in [-0.2, -0.15) is 0 Å². The van der Waals surface area contributed by atoms with Crippen molar-refractivity contribution in [1.29, 1.82) is 0 Å². The summed E-state index contributed by atoms with van der Waals surface area (Å²) >= 11 is 0. The Kier molecular flexibility index (Phi) is 2.83. The van der Waals surface area contributed by atoms with E-state index in [1.165, 1.54) is 18.4 Å². The second kappa shape index (κ2) is 3.97. The molecule has 82 valence electrons. The van der Waals surface area contributed by atoms with E-state index >= 15 is 0 Å². The molecule has 0 aromatic carbocycles. The predicted molar refractivity (Wildman–Crippen MR) is 63.7 cm³/mol. The maximum atomic E-state index is 5.82. The first kappa shape index (κ1) is 10.7. The molecule has 0 aromatic heterocycles. The monoisotopic (exact) mass is 204 g/mol. The zero-order chi connectivity index (χ0) is 10.9. The van der Waals surface area contributed by atoms with Gasteiger partial charge in [0.2, 0.25) is 0 Å². The highest BCUT2D eigenvalue weighted by Crippen LogP contribution is 2.36. The molecule has 1 unspecified atom stereocenters. The van der Waals surface area contributed by atoms with Crippen molar-refractivity contribution in [3.8, 4) is 0 Å². The van der Waals surface area contributed by atoms with E-state index in [9.17, 15) is 0 Å². The summed E-state index contributed by atoms with van der Waals surface area (Å²) < 4.78 is 5.82. The SMILES string of the molecule is C=CC1C=CC2=C(CCOC2(C)C)CC1. The Bertz CT molecular complexity index is 320. The van der Waals surface area contributed by atoms with Gasteiger partial charge < -0.3 is 4.74 Å².